The predicted molar refractivity (Wildman–Crippen MR) is 56.7 cm³/mol. The van der Waals surface area contributed by atoms with Crippen LogP contribution in [0.15, 0.2) is 35.5 Å². The van der Waals surface area contributed by atoms with Crippen molar-refractivity contribution in [2.24, 2.45) is 11.7 Å². The molecule has 0 heterocycles. The van der Waals surface area contributed by atoms with E-state index in [0.29, 0.717) is 0 Å². The van der Waals surface area contributed by atoms with Gasteiger partial charge in [-0.1, -0.05) is 31.2 Å². The molecule has 2 nitrogen and oxygen atoms in total. The molecule has 14 heavy (non-hydrogen) atoms. The zero-order chi connectivity index (χ0) is 10.3. The molecule has 2 rings (SSSR count). The van der Waals surface area contributed by atoms with E-state index in [-0.39, 0.29) is 11.7 Å². The number of hydrogen-bond donors (Lipinski definition) is 1. The van der Waals surface area contributed by atoms with Crippen molar-refractivity contribution in [3.63, 3.8) is 0 Å². The number of rotatable bonds is 0. The molecule has 0 aromatic heterocycles. The lowest BCUT2D eigenvalue weighted by molar-refractivity contribution is -0.117. The van der Waals surface area contributed by atoms with Crippen molar-refractivity contribution in [2.75, 3.05) is 0 Å². The summed E-state index contributed by atoms with van der Waals surface area (Å²) >= 11 is 0. The first-order valence-corrected chi connectivity index (χ1v) is 4.94. The summed E-state index contributed by atoms with van der Waals surface area (Å²) in [7, 11) is 0. The normalized spacial score (nSPS) is 36.2. The summed E-state index contributed by atoms with van der Waals surface area (Å²) in [5.41, 5.74) is 7.51. The monoisotopic (exact) mass is 189 g/mol. The van der Waals surface area contributed by atoms with E-state index in [2.05, 4.69) is 0 Å². The van der Waals surface area contributed by atoms with E-state index < -0.39 is 5.54 Å². The molecule has 0 bridgehead atoms. The van der Waals surface area contributed by atoms with Crippen LogP contribution < -0.4 is 5.73 Å². The molecule has 74 valence electrons. The smallest absolute Gasteiger partial charge is 0.166 e. The van der Waals surface area contributed by atoms with Crippen LogP contribution in [0, 0.1) is 5.92 Å². The molecule has 0 fully saturated rings. The Morgan fingerprint density at radius 3 is 2.79 bits per heavy atom. The first kappa shape index (κ1) is 9.41. The van der Waals surface area contributed by atoms with Gasteiger partial charge in [0.25, 0.3) is 0 Å². The summed E-state index contributed by atoms with van der Waals surface area (Å²) in [5, 5.41) is 0. The number of nitrogens with two attached hydrogens (primary N) is 1. The molecule has 2 unspecified atom stereocenters. The molecule has 0 aliphatic heterocycles. The molecule has 0 radical (unpaired) electrons. The maximum absolute atomic E-state index is 11.7. The minimum atomic E-state index is -0.423. The molecule has 0 spiro atoms. The molecule has 2 aliphatic carbocycles. The van der Waals surface area contributed by atoms with Crippen molar-refractivity contribution in [3.05, 3.63) is 35.5 Å². The van der Waals surface area contributed by atoms with Crippen molar-refractivity contribution in [2.45, 2.75) is 25.8 Å². The van der Waals surface area contributed by atoms with E-state index in [1.807, 2.05) is 38.2 Å². The molecule has 0 aromatic rings. The third kappa shape index (κ3) is 1.46. The first-order valence-electron chi connectivity index (χ1n) is 4.94. The number of ketones is 1. The van der Waals surface area contributed by atoms with Gasteiger partial charge in [-0.25, -0.2) is 0 Å². The van der Waals surface area contributed by atoms with Gasteiger partial charge in [0, 0.05) is 11.5 Å². The van der Waals surface area contributed by atoms with Crippen LogP contribution >= 0.6 is 0 Å². The quantitative estimate of drug-likeness (QED) is 0.630. The van der Waals surface area contributed by atoms with Gasteiger partial charge in [0.1, 0.15) is 0 Å². The predicted octanol–water partition coefficient (Wildman–Crippen LogP) is 1.74. The van der Waals surface area contributed by atoms with Crippen LogP contribution in [0.5, 0.6) is 0 Å². The zero-order valence-corrected chi connectivity index (χ0v) is 8.58. The van der Waals surface area contributed by atoms with E-state index in [9.17, 15) is 4.79 Å². The highest BCUT2D eigenvalue weighted by atomic mass is 16.1. The SMILES string of the molecule is CC1CC2=C(C=CC(C)(N)C=C2)C1=O. The molecule has 2 heteroatoms. The highest BCUT2D eigenvalue weighted by Gasteiger charge is 2.28. The number of Topliss-reactive ketones (excluding diaryl/α,β-unsaturated/α-hetero) is 1. The summed E-state index contributed by atoms with van der Waals surface area (Å²) in [4.78, 5) is 11.7. The molecular formula is C12H15NO. The standard InChI is InChI=1S/C12H15NO/c1-8-7-9-3-5-12(2,13)6-4-10(9)11(8)14/h3-6,8H,7,13H2,1-2H3. The highest BCUT2D eigenvalue weighted by molar-refractivity contribution is 6.03. The van der Waals surface area contributed by atoms with Gasteiger partial charge in [-0.2, -0.15) is 0 Å². The van der Waals surface area contributed by atoms with Gasteiger partial charge in [-0.05, 0) is 18.9 Å². The topological polar surface area (TPSA) is 43.1 Å². The fourth-order valence-corrected chi connectivity index (χ4v) is 1.90. The minimum absolute atomic E-state index is 0.136. The Bertz CT molecular complexity index is 372. The van der Waals surface area contributed by atoms with Gasteiger partial charge in [0.2, 0.25) is 0 Å². The second kappa shape index (κ2) is 2.92. The van der Waals surface area contributed by atoms with Gasteiger partial charge in [0.05, 0.1) is 5.54 Å². The van der Waals surface area contributed by atoms with Crippen LogP contribution in [0.2, 0.25) is 0 Å². The number of carbonyl (C=O) groups excluding carboxylic acids is 1. The van der Waals surface area contributed by atoms with Crippen molar-refractivity contribution in [1.82, 2.24) is 0 Å². The number of allylic oxidation sites excluding steroid dienone is 4. The van der Waals surface area contributed by atoms with Gasteiger partial charge in [-0.3, -0.25) is 4.79 Å². The van der Waals surface area contributed by atoms with Crippen molar-refractivity contribution < 1.29 is 4.79 Å². The van der Waals surface area contributed by atoms with Gasteiger partial charge in [0.15, 0.2) is 5.78 Å². The Kier molecular flexibility index (Phi) is 1.96. The minimum Gasteiger partial charge on any atom is -0.319 e. The van der Waals surface area contributed by atoms with Crippen molar-refractivity contribution in [1.29, 1.82) is 0 Å². The third-order valence-electron chi connectivity index (χ3n) is 2.84. The number of carbonyl (C=O) groups is 1. The second-order valence-corrected chi connectivity index (χ2v) is 4.44. The maximum atomic E-state index is 11.7. The Morgan fingerprint density at radius 2 is 2.07 bits per heavy atom. The third-order valence-corrected chi connectivity index (χ3v) is 2.84. The molecule has 0 amide bonds. The lowest BCUT2D eigenvalue weighted by Crippen LogP contribution is -2.30. The summed E-state index contributed by atoms with van der Waals surface area (Å²) in [6, 6.07) is 0. The van der Waals surface area contributed by atoms with E-state index >= 15 is 0 Å². The van der Waals surface area contributed by atoms with Crippen LogP contribution in [0.1, 0.15) is 20.3 Å². The molecule has 2 atom stereocenters. The molecule has 2 N–H and O–H groups in total. The average molecular weight is 189 g/mol. The summed E-state index contributed by atoms with van der Waals surface area (Å²) < 4.78 is 0. The first-order chi connectivity index (χ1) is 6.49. The highest BCUT2D eigenvalue weighted by Crippen LogP contribution is 2.32. The molecule has 0 aromatic carbocycles. The Labute approximate surface area is 84.2 Å². The van der Waals surface area contributed by atoms with Crippen LogP contribution in [-0.2, 0) is 4.79 Å². The maximum Gasteiger partial charge on any atom is 0.166 e. The Balaban J connectivity index is 2.40. The largest absolute Gasteiger partial charge is 0.319 e. The molecule has 0 saturated heterocycles. The van der Waals surface area contributed by atoms with Crippen LogP contribution in [0.4, 0.5) is 0 Å². The van der Waals surface area contributed by atoms with Gasteiger partial charge >= 0.3 is 0 Å². The fraction of sp³-hybridized carbons (Fsp3) is 0.417. The van der Waals surface area contributed by atoms with E-state index in [0.717, 1.165) is 17.6 Å². The summed E-state index contributed by atoms with van der Waals surface area (Å²) in [5.74, 6) is 0.384. The van der Waals surface area contributed by atoms with Crippen molar-refractivity contribution in [3.8, 4) is 0 Å². The Morgan fingerprint density at radius 1 is 1.43 bits per heavy atom. The van der Waals surface area contributed by atoms with E-state index in [1.54, 1.807) is 0 Å². The van der Waals surface area contributed by atoms with Crippen LogP contribution in [0.25, 0.3) is 0 Å². The summed E-state index contributed by atoms with van der Waals surface area (Å²) in [6.07, 6.45) is 8.57. The fourth-order valence-electron chi connectivity index (χ4n) is 1.90. The van der Waals surface area contributed by atoms with E-state index in [4.69, 9.17) is 5.73 Å². The molecular weight excluding hydrogens is 174 g/mol. The lowest BCUT2D eigenvalue weighted by Gasteiger charge is -2.13. The van der Waals surface area contributed by atoms with Gasteiger partial charge < -0.3 is 5.73 Å². The molecule has 2 aliphatic rings. The molecule has 0 saturated carbocycles. The Hall–Kier alpha value is -1.15. The number of hydrogen-bond acceptors (Lipinski definition) is 2. The van der Waals surface area contributed by atoms with Gasteiger partial charge in [-0.15, -0.1) is 0 Å². The lowest BCUT2D eigenvalue weighted by atomic mass is 10.0. The van der Waals surface area contributed by atoms with E-state index in [1.165, 1.54) is 0 Å². The van der Waals surface area contributed by atoms with Crippen LogP contribution in [-0.4, -0.2) is 11.3 Å². The van der Waals surface area contributed by atoms with Crippen LogP contribution in [0.3, 0.4) is 0 Å². The average Bonchev–Trinajstić information content (AvgIpc) is 2.27. The summed E-state index contributed by atoms with van der Waals surface area (Å²) in [6.45, 7) is 3.90. The van der Waals surface area contributed by atoms with Crippen molar-refractivity contribution >= 4 is 5.78 Å². The second-order valence-electron chi connectivity index (χ2n) is 4.44. The zero-order valence-electron chi connectivity index (χ0n) is 8.58.